The molecule has 0 unspecified atom stereocenters. The first-order valence-electron chi connectivity index (χ1n) is 9.88. The predicted molar refractivity (Wildman–Crippen MR) is 119 cm³/mol. The summed E-state index contributed by atoms with van der Waals surface area (Å²) in [5.41, 5.74) is 3.84. The van der Waals surface area contributed by atoms with Crippen LogP contribution in [-0.4, -0.2) is 17.6 Å². The topological polar surface area (TPSA) is 51.3 Å². The summed E-state index contributed by atoms with van der Waals surface area (Å²) < 4.78 is 11.2. The van der Waals surface area contributed by atoms with E-state index in [1.165, 1.54) is 5.56 Å². The van der Waals surface area contributed by atoms with E-state index in [4.69, 9.17) is 21.1 Å². The van der Waals surface area contributed by atoms with Crippen LogP contribution in [0.4, 0.5) is 0 Å². The van der Waals surface area contributed by atoms with E-state index in [0.29, 0.717) is 29.5 Å². The Kier molecular flexibility index (Phi) is 6.35. The number of H-pyrrole nitrogens is 1. The van der Waals surface area contributed by atoms with Crippen molar-refractivity contribution in [1.29, 1.82) is 0 Å². The van der Waals surface area contributed by atoms with Crippen molar-refractivity contribution in [2.24, 2.45) is 0 Å². The number of ether oxygens (including phenoxy) is 2. The Morgan fingerprint density at radius 2 is 1.77 bits per heavy atom. The molecule has 0 atom stereocenters. The van der Waals surface area contributed by atoms with Crippen LogP contribution >= 0.6 is 11.6 Å². The largest absolute Gasteiger partial charge is 0.489 e. The number of aromatic amines is 1. The first kappa shape index (κ1) is 20.0. The molecule has 5 heteroatoms. The van der Waals surface area contributed by atoms with Crippen molar-refractivity contribution in [2.45, 2.75) is 19.4 Å². The van der Waals surface area contributed by atoms with Gasteiger partial charge in [-0.25, -0.2) is 4.79 Å². The van der Waals surface area contributed by atoms with Crippen LogP contribution in [-0.2, 0) is 17.8 Å². The van der Waals surface area contributed by atoms with E-state index < -0.39 is 0 Å². The highest BCUT2D eigenvalue weighted by Crippen LogP contribution is 2.23. The van der Waals surface area contributed by atoms with Gasteiger partial charge in [-0.05, 0) is 66.4 Å². The van der Waals surface area contributed by atoms with Gasteiger partial charge >= 0.3 is 5.97 Å². The first-order chi connectivity index (χ1) is 14.7. The van der Waals surface area contributed by atoms with Crippen LogP contribution in [0.25, 0.3) is 10.9 Å². The minimum absolute atomic E-state index is 0.327. The van der Waals surface area contributed by atoms with E-state index in [2.05, 4.69) is 4.98 Å². The van der Waals surface area contributed by atoms with E-state index in [0.717, 1.165) is 29.3 Å². The maximum atomic E-state index is 12.3. The molecule has 0 amide bonds. The third-order valence-electron chi connectivity index (χ3n) is 4.89. The quantitative estimate of drug-likeness (QED) is 0.273. The standard InChI is InChI=1S/C25H22ClNO3/c26-21-10-13-24-23(15-21)20(16-27-24)7-4-14-29-25(28)19-8-11-22(12-9-19)30-17-18-5-2-1-3-6-18/h1-3,5-6,8-13,15-16,27H,4,7,14,17H2. The lowest BCUT2D eigenvalue weighted by molar-refractivity contribution is 0.0500. The molecule has 0 aliphatic heterocycles. The van der Waals surface area contributed by atoms with Crippen LogP contribution < -0.4 is 4.74 Å². The second kappa shape index (κ2) is 9.51. The van der Waals surface area contributed by atoms with Crippen LogP contribution in [0.1, 0.15) is 27.9 Å². The smallest absolute Gasteiger partial charge is 0.338 e. The highest BCUT2D eigenvalue weighted by molar-refractivity contribution is 6.31. The molecule has 1 N–H and O–H groups in total. The number of hydrogen-bond donors (Lipinski definition) is 1. The number of carbonyl (C=O) groups excluding carboxylic acids is 1. The Bertz CT molecular complexity index is 1120. The molecule has 3 aromatic carbocycles. The van der Waals surface area contributed by atoms with Crippen molar-refractivity contribution in [3.63, 3.8) is 0 Å². The van der Waals surface area contributed by atoms with Gasteiger partial charge in [0.05, 0.1) is 12.2 Å². The van der Waals surface area contributed by atoms with Gasteiger partial charge in [0, 0.05) is 22.1 Å². The summed E-state index contributed by atoms with van der Waals surface area (Å²) in [5, 5.41) is 1.82. The number of carbonyl (C=O) groups is 1. The van der Waals surface area contributed by atoms with Gasteiger partial charge in [-0.1, -0.05) is 41.9 Å². The summed E-state index contributed by atoms with van der Waals surface area (Å²) in [4.78, 5) is 15.5. The molecule has 0 saturated carbocycles. The number of halogens is 1. The molecule has 1 aromatic heterocycles. The van der Waals surface area contributed by atoms with Gasteiger partial charge in [0.2, 0.25) is 0 Å². The summed E-state index contributed by atoms with van der Waals surface area (Å²) >= 11 is 6.09. The summed E-state index contributed by atoms with van der Waals surface area (Å²) in [6.07, 6.45) is 3.53. The van der Waals surface area contributed by atoms with E-state index >= 15 is 0 Å². The minimum atomic E-state index is -0.327. The van der Waals surface area contributed by atoms with Crippen molar-refractivity contribution in [3.05, 3.63) is 101 Å². The number of hydrogen-bond acceptors (Lipinski definition) is 3. The normalized spacial score (nSPS) is 10.8. The Balaban J connectivity index is 1.24. The van der Waals surface area contributed by atoms with Gasteiger partial charge in [-0.15, -0.1) is 0 Å². The SMILES string of the molecule is O=C(OCCCc1c[nH]c2ccc(Cl)cc12)c1ccc(OCc2ccccc2)cc1. The lowest BCUT2D eigenvalue weighted by Gasteiger charge is -2.08. The first-order valence-corrected chi connectivity index (χ1v) is 10.3. The van der Waals surface area contributed by atoms with Gasteiger partial charge in [-0.3, -0.25) is 0 Å². The highest BCUT2D eigenvalue weighted by atomic mass is 35.5. The van der Waals surface area contributed by atoms with E-state index in [1.54, 1.807) is 24.3 Å². The minimum Gasteiger partial charge on any atom is -0.489 e. The van der Waals surface area contributed by atoms with Crippen LogP contribution in [0.5, 0.6) is 5.75 Å². The molecule has 0 spiro atoms. The molecule has 0 radical (unpaired) electrons. The molecular formula is C25H22ClNO3. The monoisotopic (exact) mass is 419 g/mol. The summed E-state index contributed by atoms with van der Waals surface area (Å²) in [6.45, 7) is 0.849. The number of nitrogens with one attached hydrogen (secondary N) is 1. The van der Waals surface area contributed by atoms with Crippen LogP contribution in [0, 0.1) is 0 Å². The molecule has 0 aliphatic carbocycles. The van der Waals surface area contributed by atoms with Gasteiger partial charge in [-0.2, -0.15) is 0 Å². The van der Waals surface area contributed by atoms with Crippen LogP contribution in [0.3, 0.4) is 0 Å². The summed E-state index contributed by atoms with van der Waals surface area (Å²) in [5.74, 6) is 0.389. The zero-order valence-electron chi connectivity index (χ0n) is 16.4. The maximum Gasteiger partial charge on any atom is 0.338 e. The number of aromatic nitrogens is 1. The number of aryl methyl sites for hydroxylation is 1. The Morgan fingerprint density at radius 3 is 2.57 bits per heavy atom. The number of esters is 1. The molecule has 4 aromatic rings. The highest BCUT2D eigenvalue weighted by Gasteiger charge is 2.09. The Labute approximate surface area is 180 Å². The summed E-state index contributed by atoms with van der Waals surface area (Å²) in [6, 6.07) is 22.8. The van der Waals surface area contributed by atoms with Crippen molar-refractivity contribution in [3.8, 4) is 5.75 Å². The average molecular weight is 420 g/mol. The van der Waals surface area contributed by atoms with Crippen molar-refractivity contribution < 1.29 is 14.3 Å². The zero-order chi connectivity index (χ0) is 20.8. The van der Waals surface area contributed by atoms with E-state index in [9.17, 15) is 4.79 Å². The van der Waals surface area contributed by atoms with Gasteiger partial charge in [0.25, 0.3) is 0 Å². The predicted octanol–water partition coefficient (Wildman–Crippen LogP) is 6.19. The number of benzene rings is 3. The second-order valence-electron chi connectivity index (χ2n) is 7.04. The van der Waals surface area contributed by atoms with E-state index in [-0.39, 0.29) is 5.97 Å². The van der Waals surface area contributed by atoms with Crippen molar-refractivity contribution in [1.82, 2.24) is 4.98 Å². The van der Waals surface area contributed by atoms with Gasteiger partial charge in [0.15, 0.2) is 0 Å². The lowest BCUT2D eigenvalue weighted by Crippen LogP contribution is -2.07. The average Bonchev–Trinajstić information content (AvgIpc) is 3.18. The molecule has 0 fully saturated rings. The lowest BCUT2D eigenvalue weighted by atomic mass is 10.1. The van der Waals surface area contributed by atoms with Crippen LogP contribution in [0.15, 0.2) is 79.0 Å². The van der Waals surface area contributed by atoms with E-state index in [1.807, 2.05) is 54.7 Å². The molecule has 152 valence electrons. The second-order valence-corrected chi connectivity index (χ2v) is 7.48. The fourth-order valence-electron chi connectivity index (χ4n) is 3.30. The maximum absolute atomic E-state index is 12.3. The molecule has 4 nitrogen and oxygen atoms in total. The molecular weight excluding hydrogens is 398 g/mol. The van der Waals surface area contributed by atoms with Crippen LogP contribution in [0.2, 0.25) is 5.02 Å². The molecule has 0 aliphatic rings. The third-order valence-corrected chi connectivity index (χ3v) is 5.13. The molecule has 4 rings (SSSR count). The third kappa shape index (κ3) is 5.02. The van der Waals surface area contributed by atoms with Crippen molar-refractivity contribution >= 4 is 28.5 Å². The molecule has 1 heterocycles. The number of fused-ring (bicyclic) bond motifs is 1. The molecule has 0 bridgehead atoms. The van der Waals surface area contributed by atoms with Gasteiger partial charge < -0.3 is 14.5 Å². The summed E-state index contributed by atoms with van der Waals surface area (Å²) in [7, 11) is 0. The van der Waals surface area contributed by atoms with Crippen molar-refractivity contribution in [2.75, 3.05) is 6.61 Å². The molecule has 30 heavy (non-hydrogen) atoms. The Morgan fingerprint density at radius 1 is 0.967 bits per heavy atom. The Hall–Kier alpha value is -3.24. The zero-order valence-corrected chi connectivity index (χ0v) is 17.2. The fraction of sp³-hybridized carbons (Fsp3) is 0.160. The fourth-order valence-corrected chi connectivity index (χ4v) is 3.47. The number of rotatable bonds is 8. The van der Waals surface area contributed by atoms with Gasteiger partial charge in [0.1, 0.15) is 12.4 Å². The molecule has 0 saturated heterocycles.